The number of hydrogen-bond donors (Lipinski definition) is 1. The molecule has 7 heteroatoms. The first kappa shape index (κ1) is 16.0. The average Bonchev–Trinajstić information content (AvgIpc) is 2.93. The summed E-state index contributed by atoms with van der Waals surface area (Å²) < 4.78 is 38.4. The maximum absolute atomic E-state index is 12.5. The number of fused-ring (bicyclic) bond motifs is 1. The molecule has 6 nitrogen and oxygen atoms in total. The largest absolute Gasteiger partial charge is 0.487 e. The van der Waals surface area contributed by atoms with Crippen LogP contribution in [0.25, 0.3) is 0 Å². The Morgan fingerprint density at radius 1 is 1.30 bits per heavy atom. The van der Waals surface area contributed by atoms with Crippen molar-refractivity contribution < 1.29 is 17.7 Å². The Kier molecular flexibility index (Phi) is 3.72. The summed E-state index contributed by atoms with van der Waals surface area (Å²) >= 11 is 0. The van der Waals surface area contributed by atoms with Crippen molar-refractivity contribution in [1.29, 1.82) is 0 Å². The van der Waals surface area contributed by atoms with Crippen molar-refractivity contribution >= 4 is 10.0 Å². The Hall–Kier alpha value is -1.86. The van der Waals surface area contributed by atoms with Gasteiger partial charge in [-0.2, -0.15) is 0 Å². The van der Waals surface area contributed by atoms with Crippen LogP contribution < -0.4 is 9.46 Å². The van der Waals surface area contributed by atoms with Crippen LogP contribution in [0.1, 0.15) is 36.4 Å². The SMILES string of the molecule is Cc1noc(C)c1CNS(=O)(=O)c1ccc2c(c1)CC(C)(C)O2. The lowest BCUT2D eigenvalue weighted by molar-refractivity contribution is 0.138. The number of rotatable bonds is 4. The molecule has 0 radical (unpaired) electrons. The molecule has 1 aromatic heterocycles. The summed E-state index contributed by atoms with van der Waals surface area (Å²) in [6, 6.07) is 4.96. The molecule has 0 unspecified atom stereocenters. The minimum Gasteiger partial charge on any atom is -0.487 e. The van der Waals surface area contributed by atoms with Gasteiger partial charge in [0, 0.05) is 18.5 Å². The van der Waals surface area contributed by atoms with Crippen molar-refractivity contribution in [3.05, 3.63) is 40.8 Å². The Balaban J connectivity index is 1.81. The smallest absolute Gasteiger partial charge is 0.240 e. The molecule has 0 bridgehead atoms. The van der Waals surface area contributed by atoms with Gasteiger partial charge in [-0.1, -0.05) is 5.16 Å². The summed E-state index contributed by atoms with van der Waals surface area (Å²) in [6.45, 7) is 7.67. The van der Waals surface area contributed by atoms with Gasteiger partial charge < -0.3 is 9.26 Å². The quantitative estimate of drug-likeness (QED) is 0.927. The van der Waals surface area contributed by atoms with Gasteiger partial charge in [-0.05, 0) is 51.5 Å². The molecular formula is C16H20N2O4S. The third-order valence-electron chi connectivity index (χ3n) is 3.96. The lowest BCUT2D eigenvalue weighted by atomic mass is 10.0. The van der Waals surface area contributed by atoms with Gasteiger partial charge in [0.1, 0.15) is 17.1 Å². The van der Waals surface area contributed by atoms with Crippen molar-refractivity contribution in [1.82, 2.24) is 9.88 Å². The van der Waals surface area contributed by atoms with Crippen LogP contribution in [0.2, 0.25) is 0 Å². The first-order valence-corrected chi connectivity index (χ1v) is 8.90. The van der Waals surface area contributed by atoms with Crippen LogP contribution in [0, 0.1) is 13.8 Å². The molecule has 1 N–H and O–H groups in total. The zero-order valence-electron chi connectivity index (χ0n) is 13.6. The number of nitrogens with one attached hydrogen (secondary N) is 1. The van der Waals surface area contributed by atoms with E-state index in [1.807, 2.05) is 13.8 Å². The second-order valence-corrected chi connectivity index (χ2v) is 8.20. The van der Waals surface area contributed by atoms with Gasteiger partial charge in [-0.25, -0.2) is 13.1 Å². The summed E-state index contributed by atoms with van der Waals surface area (Å²) in [5, 5.41) is 3.83. The van der Waals surface area contributed by atoms with Crippen LogP contribution >= 0.6 is 0 Å². The second kappa shape index (κ2) is 5.35. The van der Waals surface area contributed by atoms with Crippen molar-refractivity contribution in [2.24, 2.45) is 0 Å². The fourth-order valence-corrected chi connectivity index (χ4v) is 3.80. The van der Waals surface area contributed by atoms with E-state index in [1.165, 1.54) is 0 Å². The topological polar surface area (TPSA) is 81.4 Å². The molecule has 0 amide bonds. The molecule has 0 atom stereocenters. The standard InChI is InChI=1S/C16H20N2O4S/c1-10-14(11(2)22-18-10)9-17-23(19,20)13-5-6-15-12(7-13)8-16(3,4)21-15/h5-7,17H,8-9H2,1-4H3. The van der Waals surface area contributed by atoms with E-state index in [2.05, 4.69) is 9.88 Å². The van der Waals surface area contributed by atoms with Gasteiger partial charge in [0.15, 0.2) is 0 Å². The minimum absolute atomic E-state index is 0.155. The fourth-order valence-electron chi connectivity index (χ4n) is 2.76. The van der Waals surface area contributed by atoms with E-state index < -0.39 is 10.0 Å². The molecule has 124 valence electrons. The number of benzene rings is 1. The molecule has 0 saturated carbocycles. The predicted molar refractivity (Wildman–Crippen MR) is 84.9 cm³/mol. The predicted octanol–water partition coefficient (Wildman–Crippen LogP) is 2.48. The van der Waals surface area contributed by atoms with E-state index in [4.69, 9.17) is 9.26 Å². The minimum atomic E-state index is -3.60. The molecule has 3 rings (SSSR count). The zero-order chi connectivity index (χ0) is 16.8. The fraction of sp³-hybridized carbons (Fsp3) is 0.438. The van der Waals surface area contributed by atoms with Gasteiger partial charge in [-0.3, -0.25) is 0 Å². The van der Waals surface area contributed by atoms with Crippen LogP contribution in [0.4, 0.5) is 0 Å². The van der Waals surface area contributed by atoms with E-state index in [0.717, 1.165) is 16.9 Å². The lowest BCUT2D eigenvalue weighted by Gasteiger charge is -2.16. The average molecular weight is 336 g/mol. The summed E-state index contributed by atoms with van der Waals surface area (Å²) in [5.74, 6) is 1.37. The third kappa shape index (κ3) is 3.11. The number of aromatic nitrogens is 1. The molecule has 0 fully saturated rings. The van der Waals surface area contributed by atoms with Crippen LogP contribution in [0.5, 0.6) is 5.75 Å². The molecule has 0 saturated heterocycles. The molecule has 2 heterocycles. The molecule has 2 aromatic rings. The first-order valence-electron chi connectivity index (χ1n) is 7.41. The van der Waals surface area contributed by atoms with E-state index in [9.17, 15) is 8.42 Å². The highest BCUT2D eigenvalue weighted by Crippen LogP contribution is 2.35. The highest BCUT2D eigenvalue weighted by molar-refractivity contribution is 7.89. The molecular weight excluding hydrogens is 316 g/mol. The normalized spacial score (nSPS) is 16.2. The van der Waals surface area contributed by atoms with Crippen molar-refractivity contribution in [3.8, 4) is 5.75 Å². The van der Waals surface area contributed by atoms with Crippen LogP contribution in [0.15, 0.2) is 27.6 Å². The zero-order valence-corrected chi connectivity index (χ0v) is 14.5. The highest BCUT2D eigenvalue weighted by atomic mass is 32.2. The van der Waals surface area contributed by atoms with Gasteiger partial charge in [0.25, 0.3) is 0 Å². The molecule has 1 aromatic carbocycles. The third-order valence-corrected chi connectivity index (χ3v) is 5.36. The van der Waals surface area contributed by atoms with Gasteiger partial charge in [0.2, 0.25) is 10.0 Å². The lowest BCUT2D eigenvalue weighted by Crippen LogP contribution is -2.24. The highest BCUT2D eigenvalue weighted by Gasteiger charge is 2.31. The molecule has 0 aliphatic carbocycles. The number of ether oxygens (including phenoxy) is 1. The van der Waals surface area contributed by atoms with E-state index >= 15 is 0 Å². The molecule has 1 aliphatic heterocycles. The number of aryl methyl sites for hydroxylation is 2. The molecule has 0 spiro atoms. The Morgan fingerprint density at radius 3 is 2.70 bits per heavy atom. The molecule has 1 aliphatic rings. The first-order chi connectivity index (χ1) is 10.7. The van der Waals surface area contributed by atoms with Crippen LogP contribution in [-0.4, -0.2) is 19.2 Å². The Bertz CT molecular complexity index is 833. The van der Waals surface area contributed by atoms with E-state index in [0.29, 0.717) is 17.9 Å². The molecule has 23 heavy (non-hydrogen) atoms. The van der Waals surface area contributed by atoms with Gasteiger partial charge in [-0.15, -0.1) is 0 Å². The number of hydrogen-bond acceptors (Lipinski definition) is 5. The van der Waals surface area contributed by atoms with E-state index in [1.54, 1.807) is 32.0 Å². The summed E-state index contributed by atoms with van der Waals surface area (Å²) in [4.78, 5) is 0.240. The van der Waals surface area contributed by atoms with Crippen molar-refractivity contribution in [3.63, 3.8) is 0 Å². The Morgan fingerprint density at radius 2 is 2.04 bits per heavy atom. The summed E-state index contributed by atoms with van der Waals surface area (Å²) in [5.41, 5.74) is 2.07. The maximum atomic E-state index is 12.5. The number of nitrogens with zero attached hydrogens (tertiary/aromatic N) is 1. The van der Waals surface area contributed by atoms with Gasteiger partial charge in [0.05, 0.1) is 10.6 Å². The summed E-state index contributed by atoms with van der Waals surface area (Å²) in [7, 11) is -3.60. The monoisotopic (exact) mass is 336 g/mol. The van der Waals surface area contributed by atoms with Crippen molar-refractivity contribution in [2.45, 2.75) is 51.2 Å². The van der Waals surface area contributed by atoms with E-state index in [-0.39, 0.29) is 17.0 Å². The number of sulfonamides is 1. The van der Waals surface area contributed by atoms with Gasteiger partial charge >= 0.3 is 0 Å². The Labute approximate surface area is 135 Å². The van der Waals surface area contributed by atoms with Crippen molar-refractivity contribution in [2.75, 3.05) is 0 Å². The maximum Gasteiger partial charge on any atom is 0.240 e. The van der Waals surface area contributed by atoms with Crippen LogP contribution in [0.3, 0.4) is 0 Å². The second-order valence-electron chi connectivity index (χ2n) is 6.44. The summed E-state index contributed by atoms with van der Waals surface area (Å²) in [6.07, 6.45) is 0.690. The van der Waals surface area contributed by atoms with Crippen LogP contribution in [-0.2, 0) is 23.0 Å².